The number of carbonyl (C=O) groups excluding carboxylic acids is 1. The van der Waals surface area contributed by atoms with Crippen LogP contribution in [-0.2, 0) is 6.54 Å². The lowest BCUT2D eigenvalue weighted by atomic mass is 10.0. The number of aromatic nitrogens is 1. The third kappa shape index (κ3) is 4.18. The zero-order valence-corrected chi connectivity index (χ0v) is 17.3. The van der Waals surface area contributed by atoms with E-state index in [9.17, 15) is 18.4 Å². The third-order valence-corrected chi connectivity index (χ3v) is 5.48. The van der Waals surface area contributed by atoms with Crippen molar-refractivity contribution in [3.63, 3.8) is 0 Å². The molecule has 1 fully saturated rings. The van der Waals surface area contributed by atoms with Crippen molar-refractivity contribution in [3.8, 4) is 0 Å². The minimum Gasteiger partial charge on any atom is -0.364 e. The number of benzene rings is 2. The first kappa shape index (κ1) is 21.8. The lowest BCUT2D eigenvalue weighted by molar-refractivity contribution is 0.104. The van der Waals surface area contributed by atoms with E-state index in [1.165, 1.54) is 10.6 Å². The van der Waals surface area contributed by atoms with Crippen LogP contribution in [-0.4, -0.2) is 43.2 Å². The molecule has 0 saturated carbocycles. The molecule has 0 aliphatic carbocycles. The average molecular weight is 441 g/mol. The van der Waals surface area contributed by atoms with Crippen molar-refractivity contribution < 1.29 is 18.0 Å². The predicted octanol–water partition coefficient (Wildman–Crippen LogP) is 3.55. The smallest absolute Gasteiger partial charge is 0.200 e. The monoisotopic (exact) mass is 441 g/mol. The molecule has 0 radical (unpaired) electrons. The van der Waals surface area contributed by atoms with Gasteiger partial charge in [0.1, 0.15) is 18.2 Å². The van der Waals surface area contributed by atoms with Gasteiger partial charge in [0.25, 0.3) is 0 Å². The summed E-state index contributed by atoms with van der Waals surface area (Å²) in [5.74, 6) is -2.43. The molecule has 1 aliphatic heterocycles. The number of rotatable bonds is 6. The highest BCUT2D eigenvalue weighted by atomic mass is 19.1. The highest BCUT2D eigenvalue weighted by Gasteiger charge is 2.25. The summed E-state index contributed by atoms with van der Waals surface area (Å²) in [6, 6.07) is 9.95. The standard InChI is InChI=1S/C24H22F3N3O2/c25-8-11-30-15-18(20(31)7-6-16-4-2-1-3-5-16)24(32)17-14-19(26)23(21(27)22(17)30)29-12-9-28-10-13-29/h1-7,14-15,28H,8-13H2/b7-6+. The quantitative estimate of drug-likeness (QED) is 0.470. The number of hydrogen-bond donors (Lipinski definition) is 1. The minimum atomic E-state index is -0.925. The van der Waals surface area contributed by atoms with Crippen molar-refractivity contribution in [1.29, 1.82) is 0 Å². The summed E-state index contributed by atoms with van der Waals surface area (Å²) in [6.07, 6.45) is 3.92. The van der Waals surface area contributed by atoms with Crippen LogP contribution in [0.5, 0.6) is 0 Å². The molecule has 1 aliphatic rings. The molecule has 8 heteroatoms. The molecule has 1 saturated heterocycles. The number of aryl methyl sites for hydroxylation is 1. The van der Waals surface area contributed by atoms with Gasteiger partial charge in [-0.3, -0.25) is 9.59 Å². The summed E-state index contributed by atoms with van der Waals surface area (Å²) in [6.45, 7) is 0.806. The maximum absolute atomic E-state index is 15.5. The van der Waals surface area contributed by atoms with Crippen LogP contribution in [0.15, 0.2) is 53.5 Å². The summed E-state index contributed by atoms with van der Waals surface area (Å²) in [5, 5.41) is 2.82. The van der Waals surface area contributed by atoms with Crippen molar-refractivity contribution in [3.05, 3.63) is 81.7 Å². The largest absolute Gasteiger partial charge is 0.364 e. The van der Waals surface area contributed by atoms with Gasteiger partial charge in [0.15, 0.2) is 11.6 Å². The molecule has 0 atom stereocenters. The molecule has 166 valence electrons. The average Bonchev–Trinajstić information content (AvgIpc) is 2.80. The molecule has 0 spiro atoms. The maximum Gasteiger partial charge on any atom is 0.200 e. The number of nitrogens with one attached hydrogen (secondary N) is 1. The summed E-state index contributed by atoms with van der Waals surface area (Å²) < 4.78 is 44.9. The third-order valence-electron chi connectivity index (χ3n) is 5.48. The molecule has 0 bridgehead atoms. The van der Waals surface area contributed by atoms with E-state index in [0.29, 0.717) is 26.2 Å². The highest BCUT2D eigenvalue weighted by molar-refractivity contribution is 6.08. The predicted molar refractivity (Wildman–Crippen MR) is 119 cm³/mol. The van der Waals surface area contributed by atoms with E-state index < -0.39 is 29.5 Å². The first-order valence-electron chi connectivity index (χ1n) is 10.4. The van der Waals surface area contributed by atoms with E-state index in [1.807, 2.05) is 6.07 Å². The summed E-state index contributed by atoms with van der Waals surface area (Å²) in [4.78, 5) is 27.3. The summed E-state index contributed by atoms with van der Waals surface area (Å²) >= 11 is 0. The number of alkyl halides is 1. The van der Waals surface area contributed by atoms with Crippen LogP contribution in [0.25, 0.3) is 17.0 Å². The van der Waals surface area contributed by atoms with Crippen molar-refractivity contribution >= 4 is 28.4 Å². The zero-order chi connectivity index (χ0) is 22.7. The van der Waals surface area contributed by atoms with E-state index in [0.717, 1.165) is 17.8 Å². The van der Waals surface area contributed by atoms with E-state index in [2.05, 4.69) is 5.32 Å². The second-order valence-corrected chi connectivity index (χ2v) is 7.52. The van der Waals surface area contributed by atoms with Crippen LogP contribution in [0.1, 0.15) is 15.9 Å². The Bertz CT molecular complexity index is 1230. The van der Waals surface area contributed by atoms with Crippen LogP contribution >= 0.6 is 0 Å². The molecule has 0 unspecified atom stereocenters. The van der Waals surface area contributed by atoms with Crippen molar-refractivity contribution in [2.45, 2.75) is 6.54 Å². The van der Waals surface area contributed by atoms with Gasteiger partial charge in [0.2, 0.25) is 5.43 Å². The van der Waals surface area contributed by atoms with E-state index >= 15 is 4.39 Å². The molecule has 1 N–H and O–H groups in total. The van der Waals surface area contributed by atoms with Crippen molar-refractivity contribution in [2.24, 2.45) is 0 Å². The van der Waals surface area contributed by atoms with Gasteiger partial charge >= 0.3 is 0 Å². The molecule has 2 aromatic carbocycles. The Balaban J connectivity index is 1.84. The highest BCUT2D eigenvalue weighted by Crippen LogP contribution is 2.30. The van der Waals surface area contributed by atoms with Crippen LogP contribution < -0.4 is 15.6 Å². The first-order valence-corrected chi connectivity index (χ1v) is 10.4. The zero-order valence-electron chi connectivity index (χ0n) is 17.3. The van der Waals surface area contributed by atoms with Crippen LogP contribution in [0, 0.1) is 11.6 Å². The lowest BCUT2D eigenvalue weighted by Crippen LogP contribution is -2.44. The number of allylic oxidation sites excluding steroid dienone is 1. The number of hydrogen-bond acceptors (Lipinski definition) is 4. The van der Waals surface area contributed by atoms with Gasteiger partial charge in [0, 0.05) is 32.4 Å². The Morgan fingerprint density at radius 2 is 1.84 bits per heavy atom. The number of anilines is 1. The lowest BCUT2D eigenvalue weighted by Gasteiger charge is -2.30. The van der Waals surface area contributed by atoms with Crippen LogP contribution in [0.3, 0.4) is 0 Å². The van der Waals surface area contributed by atoms with Crippen molar-refractivity contribution in [1.82, 2.24) is 9.88 Å². The van der Waals surface area contributed by atoms with Crippen LogP contribution in [0.4, 0.5) is 18.9 Å². The molecular formula is C24H22F3N3O2. The number of piperazine rings is 1. The number of halogens is 3. The van der Waals surface area contributed by atoms with Gasteiger partial charge in [0.05, 0.1) is 23.0 Å². The van der Waals surface area contributed by atoms with Gasteiger partial charge in [-0.2, -0.15) is 0 Å². The second-order valence-electron chi connectivity index (χ2n) is 7.52. The van der Waals surface area contributed by atoms with Crippen molar-refractivity contribution in [2.75, 3.05) is 37.8 Å². The van der Waals surface area contributed by atoms with E-state index in [1.54, 1.807) is 35.2 Å². The molecule has 0 amide bonds. The SMILES string of the molecule is O=C(/C=C/c1ccccc1)c1cn(CCF)c2c(F)c(N3CCNCC3)c(F)cc2c1=O. The Hall–Kier alpha value is -3.39. The fourth-order valence-corrected chi connectivity index (χ4v) is 3.92. The van der Waals surface area contributed by atoms with Crippen LogP contribution in [0.2, 0.25) is 0 Å². The van der Waals surface area contributed by atoms with Gasteiger partial charge in [-0.05, 0) is 17.7 Å². The topological polar surface area (TPSA) is 54.3 Å². The van der Waals surface area contributed by atoms with Gasteiger partial charge < -0.3 is 14.8 Å². The van der Waals surface area contributed by atoms with E-state index in [-0.39, 0.29) is 28.7 Å². The molecule has 32 heavy (non-hydrogen) atoms. The number of pyridine rings is 1. The molecule has 4 rings (SSSR count). The Morgan fingerprint density at radius 1 is 1.12 bits per heavy atom. The maximum atomic E-state index is 15.5. The molecular weight excluding hydrogens is 419 g/mol. The van der Waals surface area contributed by atoms with Gasteiger partial charge in [-0.25, -0.2) is 13.2 Å². The number of ketones is 1. The fraction of sp³-hybridized carbons (Fsp3) is 0.250. The van der Waals surface area contributed by atoms with E-state index in [4.69, 9.17) is 0 Å². The fourth-order valence-electron chi connectivity index (χ4n) is 3.92. The van der Waals surface area contributed by atoms with Gasteiger partial charge in [-0.15, -0.1) is 0 Å². The number of nitrogens with zero attached hydrogens (tertiary/aromatic N) is 2. The van der Waals surface area contributed by atoms with Gasteiger partial charge in [-0.1, -0.05) is 36.4 Å². The molecule has 2 heterocycles. The summed E-state index contributed by atoms with van der Waals surface area (Å²) in [7, 11) is 0. The Morgan fingerprint density at radius 3 is 2.53 bits per heavy atom. The second kappa shape index (κ2) is 9.40. The molecule has 1 aromatic heterocycles. The number of fused-ring (bicyclic) bond motifs is 1. The number of carbonyl (C=O) groups is 1. The normalized spacial score (nSPS) is 14.4. The summed E-state index contributed by atoms with van der Waals surface area (Å²) in [5.41, 5.74) is -0.752. The molecule has 3 aromatic rings. The minimum absolute atomic E-state index is 0.203. The first-order chi connectivity index (χ1) is 15.5. The Labute approximate surface area is 182 Å². The Kier molecular flexibility index (Phi) is 6.41. The molecule has 5 nitrogen and oxygen atoms in total.